The first-order valence-corrected chi connectivity index (χ1v) is 18.5. The van der Waals surface area contributed by atoms with E-state index in [1.54, 1.807) is 24.1 Å². The molecule has 288 valence electrons. The van der Waals surface area contributed by atoms with E-state index in [4.69, 9.17) is 23.7 Å². The number of hydrogen-bond acceptors (Lipinski definition) is 8. The lowest BCUT2D eigenvalue weighted by molar-refractivity contribution is -0.0197. The molecule has 1 aliphatic carbocycles. The predicted octanol–water partition coefficient (Wildman–Crippen LogP) is 8.72. The Morgan fingerprint density at radius 1 is 0.868 bits per heavy atom. The molecular weight excluding hydrogens is 682 g/mol. The molecule has 0 radical (unpaired) electrons. The third-order valence-corrected chi connectivity index (χ3v) is 9.54. The summed E-state index contributed by atoms with van der Waals surface area (Å²) in [5.74, 6) is -1.22. The molecule has 3 aromatic rings. The van der Waals surface area contributed by atoms with Crippen molar-refractivity contribution in [2.75, 3.05) is 20.3 Å². The molecular formula is C42H54F2N2O7. The summed E-state index contributed by atoms with van der Waals surface area (Å²) in [6.45, 7) is 12.3. The minimum absolute atomic E-state index is 0.0892. The Kier molecular flexibility index (Phi) is 13.0. The van der Waals surface area contributed by atoms with Gasteiger partial charge in [-0.25, -0.2) is 18.4 Å². The van der Waals surface area contributed by atoms with E-state index in [9.17, 15) is 14.0 Å². The fourth-order valence-electron chi connectivity index (χ4n) is 6.99. The van der Waals surface area contributed by atoms with E-state index in [-0.39, 0.29) is 43.1 Å². The lowest BCUT2D eigenvalue weighted by Gasteiger charge is -2.34. The summed E-state index contributed by atoms with van der Waals surface area (Å²) in [7, 11) is 1.55. The molecule has 1 N–H and O–H groups in total. The van der Waals surface area contributed by atoms with Gasteiger partial charge in [-0.05, 0) is 109 Å². The van der Waals surface area contributed by atoms with Crippen molar-refractivity contribution in [3.63, 3.8) is 0 Å². The molecule has 0 bridgehead atoms. The van der Waals surface area contributed by atoms with E-state index in [1.807, 2.05) is 77.9 Å². The first-order chi connectivity index (χ1) is 25.1. The van der Waals surface area contributed by atoms with Gasteiger partial charge in [-0.15, -0.1) is 0 Å². The van der Waals surface area contributed by atoms with Crippen molar-refractivity contribution in [1.29, 1.82) is 0 Å². The summed E-state index contributed by atoms with van der Waals surface area (Å²) in [5.41, 5.74) is 1.25. The highest BCUT2D eigenvalue weighted by Crippen LogP contribution is 2.40. The summed E-state index contributed by atoms with van der Waals surface area (Å²) in [6, 6.07) is 16.6. The molecule has 11 heteroatoms. The summed E-state index contributed by atoms with van der Waals surface area (Å²) >= 11 is 0. The maximum atomic E-state index is 15.0. The molecule has 53 heavy (non-hydrogen) atoms. The van der Waals surface area contributed by atoms with Gasteiger partial charge in [0.1, 0.15) is 29.4 Å². The molecule has 0 spiro atoms. The summed E-state index contributed by atoms with van der Waals surface area (Å²) in [4.78, 5) is 28.3. The summed E-state index contributed by atoms with van der Waals surface area (Å²) in [6.07, 6.45) is 2.86. The largest absolute Gasteiger partial charge is 0.497 e. The highest BCUT2D eigenvalue weighted by atomic mass is 19.1. The second kappa shape index (κ2) is 17.3. The average Bonchev–Trinajstić information content (AvgIpc) is 3.51. The maximum absolute atomic E-state index is 15.0. The van der Waals surface area contributed by atoms with Gasteiger partial charge in [-0.1, -0.05) is 36.4 Å². The van der Waals surface area contributed by atoms with Crippen molar-refractivity contribution in [2.45, 2.75) is 122 Å². The number of ether oxygens (including phenoxy) is 5. The first-order valence-electron chi connectivity index (χ1n) is 18.5. The summed E-state index contributed by atoms with van der Waals surface area (Å²) < 4.78 is 58.8. The normalized spacial score (nSPS) is 20.6. The number of carbonyl (C=O) groups is 2. The number of likely N-dealkylation sites (tertiary alicyclic amines) is 1. The monoisotopic (exact) mass is 736 g/mol. The van der Waals surface area contributed by atoms with Crippen LogP contribution in [0.5, 0.6) is 11.5 Å². The fraction of sp³-hybridized carbons (Fsp3) is 0.524. The number of carbonyl (C=O) groups excluding carboxylic acids is 2. The number of methoxy groups -OCH3 is 1. The van der Waals surface area contributed by atoms with Crippen LogP contribution in [0.15, 0.2) is 60.7 Å². The lowest BCUT2D eigenvalue weighted by Crippen LogP contribution is -2.49. The Morgan fingerprint density at radius 3 is 2.23 bits per heavy atom. The van der Waals surface area contributed by atoms with Crippen molar-refractivity contribution in [2.24, 2.45) is 0 Å². The molecule has 2 aliphatic rings. The van der Waals surface area contributed by atoms with Crippen LogP contribution in [-0.2, 0) is 27.4 Å². The van der Waals surface area contributed by atoms with Gasteiger partial charge in [0.15, 0.2) is 11.6 Å². The average molecular weight is 737 g/mol. The van der Waals surface area contributed by atoms with Gasteiger partial charge >= 0.3 is 12.1 Å². The zero-order valence-corrected chi connectivity index (χ0v) is 32.0. The standard InChI is InChI=1S/C42H54F2N2O7/c1-41(2,3)52-39(47)34-23-32(49-7)18-15-29(34)24-45-36-19-20-46(40(48)53-42(4,5)6)37(36)26-50-31-16-13-28(14-17-31)33-21-30(43)22-35(44)38(33)51-25-27-11-9-8-10-12-27/h8-12,15,18,21-23,28,31,36-37,45H,13-14,16-17,19-20,24-26H2,1-7H3/t28?,31?,36-,37-/m0/s1. The molecule has 1 heterocycles. The van der Waals surface area contributed by atoms with Gasteiger partial charge in [-0.3, -0.25) is 0 Å². The molecule has 9 nitrogen and oxygen atoms in total. The molecule has 0 unspecified atom stereocenters. The number of nitrogens with one attached hydrogen (secondary N) is 1. The highest BCUT2D eigenvalue weighted by Gasteiger charge is 2.40. The zero-order chi connectivity index (χ0) is 38.3. The van der Waals surface area contributed by atoms with Gasteiger partial charge < -0.3 is 33.9 Å². The molecule has 1 saturated carbocycles. The van der Waals surface area contributed by atoms with Crippen LogP contribution in [0.25, 0.3) is 0 Å². The van der Waals surface area contributed by atoms with E-state index >= 15 is 4.39 Å². The fourth-order valence-corrected chi connectivity index (χ4v) is 6.99. The Balaban J connectivity index is 1.25. The van der Waals surface area contributed by atoms with Crippen LogP contribution in [0.4, 0.5) is 13.6 Å². The van der Waals surface area contributed by atoms with Crippen LogP contribution in [0, 0.1) is 11.6 Å². The maximum Gasteiger partial charge on any atom is 0.410 e. The van der Waals surface area contributed by atoms with Gasteiger partial charge in [-0.2, -0.15) is 0 Å². The lowest BCUT2D eigenvalue weighted by atomic mass is 9.82. The van der Waals surface area contributed by atoms with Crippen LogP contribution < -0.4 is 14.8 Å². The molecule has 5 rings (SSSR count). The molecule has 1 aliphatic heterocycles. The number of esters is 1. The Hall–Kier alpha value is -4.22. The Bertz CT molecular complexity index is 1700. The second-order valence-electron chi connectivity index (χ2n) is 15.9. The number of hydrogen-bond donors (Lipinski definition) is 1. The van der Waals surface area contributed by atoms with Gasteiger partial charge in [0.25, 0.3) is 0 Å². The molecule has 3 aromatic carbocycles. The van der Waals surface area contributed by atoms with E-state index < -0.39 is 34.9 Å². The number of rotatable bonds is 12. The molecule has 0 aromatic heterocycles. The zero-order valence-electron chi connectivity index (χ0n) is 32.0. The minimum atomic E-state index is -0.704. The van der Waals surface area contributed by atoms with Crippen LogP contribution >= 0.6 is 0 Å². The Labute approximate surface area is 312 Å². The van der Waals surface area contributed by atoms with Crippen LogP contribution in [0.1, 0.15) is 107 Å². The highest BCUT2D eigenvalue weighted by molar-refractivity contribution is 5.92. The van der Waals surface area contributed by atoms with Crippen LogP contribution in [0.3, 0.4) is 0 Å². The quantitative estimate of drug-likeness (QED) is 0.185. The van der Waals surface area contributed by atoms with E-state index in [0.29, 0.717) is 62.1 Å². The van der Waals surface area contributed by atoms with E-state index in [0.717, 1.165) is 17.2 Å². The smallest absolute Gasteiger partial charge is 0.410 e. The number of nitrogens with zero attached hydrogens (tertiary/aromatic N) is 1. The third-order valence-electron chi connectivity index (χ3n) is 9.54. The van der Waals surface area contributed by atoms with Crippen molar-refractivity contribution in [3.8, 4) is 11.5 Å². The number of amides is 1. The van der Waals surface area contributed by atoms with Gasteiger partial charge in [0, 0.05) is 30.8 Å². The molecule has 1 amide bonds. The molecule has 2 fully saturated rings. The SMILES string of the molecule is COc1ccc(CN[C@H]2CCN(C(=O)OC(C)(C)C)[C@H]2COC2CCC(c3cc(F)cc(F)c3OCc3ccccc3)CC2)c(C(=O)OC(C)(C)C)c1. The molecule has 1 saturated heterocycles. The number of benzene rings is 3. The predicted molar refractivity (Wildman–Crippen MR) is 198 cm³/mol. The second-order valence-corrected chi connectivity index (χ2v) is 15.9. The van der Waals surface area contributed by atoms with E-state index in [1.165, 1.54) is 6.07 Å². The molecule has 2 atom stereocenters. The topological polar surface area (TPSA) is 95.6 Å². The van der Waals surface area contributed by atoms with Crippen LogP contribution in [0.2, 0.25) is 0 Å². The van der Waals surface area contributed by atoms with Crippen molar-refractivity contribution in [1.82, 2.24) is 10.2 Å². The first kappa shape index (κ1) is 40.0. The van der Waals surface area contributed by atoms with Gasteiger partial charge in [0.2, 0.25) is 0 Å². The van der Waals surface area contributed by atoms with Gasteiger partial charge in [0.05, 0.1) is 31.4 Å². The minimum Gasteiger partial charge on any atom is -0.497 e. The summed E-state index contributed by atoms with van der Waals surface area (Å²) in [5, 5.41) is 3.59. The van der Waals surface area contributed by atoms with Crippen LogP contribution in [-0.4, -0.2) is 66.6 Å². The van der Waals surface area contributed by atoms with Crippen molar-refractivity contribution >= 4 is 12.1 Å². The van der Waals surface area contributed by atoms with E-state index in [2.05, 4.69) is 5.32 Å². The Morgan fingerprint density at radius 2 is 1.57 bits per heavy atom. The number of halogens is 2. The van der Waals surface area contributed by atoms with Crippen molar-refractivity contribution in [3.05, 3.63) is 94.6 Å². The third kappa shape index (κ3) is 11.1. The van der Waals surface area contributed by atoms with Crippen molar-refractivity contribution < 1.29 is 42.1 Å².